The monoisotopic (exact) mass is 452 g/mol. The maximum absolute atomic E-state index is 13.8. The summed E-state index contributed by atoms with van der Waals surface area (Å²) in [7, 11) is -1.17. The summed E-state index contributed by atoms with van der Waals surface area (Å²) >= 11 is 5.74. The lowest BCUT2D eigenvalue weighted by Gasteiger charge is -2.47. The number of aliphatic hydroxyl groups is 2. The molecular formula is C20H22ClFN4O3S. The summed E-state index contributed by atoms with van der Waals surface area (Å²) in [5.41, 5.74) is -0.455. The number of aromatic nitrogens is 2. The van der Waals surface area contributed by atoms with E-state index < -0.39 is 27.8 Å². The Hall–Kier alpha value is -1.81. The van der Waals surface area contributed by atoms with Crippen molar-refractivity contribution in [2.75, 3.05) is 35.7 Å². The first-order chi connectivity index (χ1) is 14.3. The molecule has 3 heterocycles. The van der Waals surface area contributed by atoms with Crippen molar-refractivity contribution in [3.63, 3.8) is 0 Å². The summed E-state index contributed by atoms with van der Waals surface area (Å²) in [5, 5.41) is 24.1. The highest BCUT2D eigenvalue weighted by Crippen LogP contribution is 2.40. The van der Waals surface area contributed by atoms with Crippen molar-refractivity contribution in [2.24, 2.45) is 0 Å². The number of fused-ring (bicyclic) bond motifs is 1. The molecule has 1 aromatic carbocycles. The molecule has 2 aromatic rings. The van der Waals surface area contributed by atoms with Gasteiger partial charge in [0.2, 0.25) is 5.95 Å². The predicted molar refractivity (Wildman–Crippen MR) is 112 cm³/mol. The number of aryl methyl sites for hydroxylation is 1. The van der Waals surface area contributed by atoms with Gasteiger partial charge in [0.15, 0.2) is 0 Å². The molecule has 1 aromatic heterocycles. The fraction of sp³-hybridized carbons (Fsp3) is 0.500. The van der Waals surface area contributed by atoms with E-state index in [4.69, 9.17) is 11.6 Å². The number of hydrogen-bond donors (Lipinski definition) is 3. The average Bonchev–Trinajstić information content (AvgIpc) is 3.05. The molecule has 7 nitrogen and oxygen atoms in total. The van der Waals surface area contributed by atoms with Crippen LogP contribution in [-0.4, -0.2) is 55.4 Å². The number of halogens is 2. The van der Waals surface area contributed by atoms with Crippen LogP contribution in [0.15, 0.2) is 23.1 Å². The van der Waals surface area contributed by atoms with E-state index in [2.05, 4.69) is 15.3 Å². The standard InChI is InChI=1S/C20H22ClFN4O3S/c21-13-3-2-12(8-14(13)22)20(28)9-26(10-20)18-23-15-4-7-30(29)16(15)17(24-18)25-19(11-27)5-1-6-19/h2-3,8,27-28H,1,4-7,9-11H2,(H,23,24,25)/t30-/m0/s1. The molecule has 160 valence electrons. The molecule has 1 atom stereocenters. The van der Waals surface area contributed by atoms with Gasteiger partial charge < -0.3 is 20.4 Å². The van der Waals surface area contributed by atoms with Crippen LogP contribution < -0.4 is 10.2 Å². The van der Waals surface area contributed by atoms with Crippen LogP contribution in [0.1, 0.15) is 30.5 Å². The summed E-state index contributed by atoms with van der Waals surface area (Å²) < 4.78 is 26.3. The highest BCUT2D eigenvalue weighted by molar-refractivity contribution is 7.85. The van der Waals surface area contributed by atoms with Crippen LogP contribution in [0.2, 0.25) is 5.02 Å². The topological polar surface area (TPSA) is 98.6 Å². The number of nitrogens with one attached hydrogen (secondary N) is 1. The number of anilines is 2. The number of nitrogens with zero attached hydrogens (tertiary/aromatic N) is 3. The Labute approximate surface area is 180 Å². The third-order valence-corrected chi connectivity index (χ3v) is 8.08. The van der Waals surface area contributed by atoms with Crippen molar-refractivity contribution in [3.05, 3.63) is 40.3 Å². The van der Waals surface area contributed by atoms with E-state index in [1.807, 2.05) is 4.90 Å². The molecule has 3 N–H and O–H groups in total. The van der Waals surface area contributed by atoms with Crippen LogP contribution in [0.3, 0.4) is 0 Å². The van der Waals surface area contributed by atoms with Crippen molar-refractivity contribution >= 4 is 34.2 Å². The molecule has 10 heteroatoms. The summed E-state index contributed by atoms with van der Waals surface area (Å²) in [4.78, 5) is 11.6. The molecule has 0 bridgehead atoms. The Bertz CT molecular complexity index is 1040. The van der Waals surface area contributed by atoms with Crippen LogP contribution in [-0.2, 0) is 22.8 Å². The van der Waals surface area contributed by atoms with Crippen LogP contribution in [0, 0.1) is 5.82 Å². The minimum absolute atomic E-state index is 0.0120. The Morgan fingerprint density at radius 1 is 1.30 bits per heavy atom. The van der Waals surface area contributed by atoms with Gasteiger partial charge in [-0.3, -0.25) is 4.21 Å². The lowest BCUT2D eigenvalue weighted by atomic mass is 9.77. The van der Waals surface area contributed by atoms with E-state index >= 15 is 0 Å². The lowest BCUT2D eigenvalue weighted by Crippen LogP contribution is -2.60. The molecule has 3 aliphatic rings. The number of benzene rings is 1. The van der Waals surface area contributed by atoms with Crippen LogP contribution >= 0.6 is 11.6 Å². The second kappa shape index (κ2) is 7.12. The molecule has 0 unspecified atom stereocenters. The Kier molecular flexibility index (Phi) is 4.77. The molecule has 1 saturated heterocycles. The lowest BCUT2D eigenvalue weighted by molar-refractivity contribution is 0.00624. The maximum Gasteiger partial charge on any atom is 0.227 e. The normalized spacial score (nSPS) is 23.5. The van der Waals surface area contributed by atoms with Crippen LogP contribution in [0.4, 0.5) is 16.2 Å². The molecule has 1 saturated carbocycles. The minimum atomic E-state index is -1.22. The fourth-order valence-electron chi connectivity index (χ4n) is 4.28. The first-order valence-corrected chi connectivity index (χ1v) is 11.6. The summed E-state index contributed by atoms with van der Waals surface area (Å²) in [5.74, 6) is 0.871. The smallest absolute Gasteiger partial charge is 0.227 e. The van der Waals surface area contributed by atoms with Gasteiger partial charge in [-0.2, -0.15) is 4.98 Å². The molecule has 30 heavy (non-hydrogen) atoms. The first kappa shape index (κ1) is 20.1. The average molecular weight is 453 g/mol. The fourth-order valence-corrected chi connectivity index (χ4v) is 5.71. The van der Waals surface area contributed by atoms with E-state index in [1.165, 1.54) is 12.1 Å². The first-order valence-electron chi connectivity index (χ1n) is 9.94. The molecule has 1 aliphatic carbocycles. The van der Waals surface area contributed by atoms with E-state index in [0.717, 1.165) is 25.0 Å². The van der Waals surface area contributed by atoms with Crippen molar-refractivity contribution in [1.29, 1.82) is 0 Å². The number of β-amino-alcohol motifs (C(OH)–C–C–N with tert-alkyl or cyclic N) is 1. The highest BCUT2D eigenvalue weighted by Gasteiger charge is 2.45. The van der Waals surface area contributed by atoms with E-state index in [-0.39, 0.29) is 24.7 Å². The van der Waals surface area contributed by atoms with Gasteiger partial charge >= 0.3 is 0 Å². The summed E-state index contributed by atoms with van der Waals surface area (Å²) in [6, 6.07) is 4.30. The van der Waals surface area contributed by atoms with Gasteiger partial charge in [0.25, 0.3) is 0 Å². The third kappa shape index (κ3) is 3.19. The number of rotatable bonds is 5. The summed E-state index contributed by atoms with van der Waals surface area (Å²) in [6.45, 7) is 0.403. The zero-order valence-corrected chi connectivity index (χ0v) is 17.8. The van der Waals surface area contributed by atoms with Gasteiger partial charge in [-0.05, 0) is 37.0 Å². The van der Waals surface area contributed by atoms with E-state index in [1.54, 1.807) is 6.07 Å². The molecule has 0 radical (unpaired) electrons. The summed E-state index contributed by atoms with van der Waals surface area (Å²) in [6.07, 6.45) is 3.28. The van der Waals surface area contributed by atoms with Crippen molar-refractivity contribution < 1.29 is 18.8 Å². The van der Waals surface area contributed by atoms with Gasteiger partial charge in [0.1, 0.15) is 22.1 Å². The largest absolute Gasteiger partial charge is 0.394 e. The Balaban J connectivity index is 1.42. The number of aliphatic hydroxyl groups excluding tert-OH is 1. The van der Waals surface area contributed by atoms with Crippen molar-refractivity contribution in [2.45, 2.75) is 41.7 Å². The predicted octanol–water partition coefficient (Wildman–Crippen LogP) is 1.97. The SMILES string of the molecule is O=[S@]1CCc2nc(N3CC(O)(c4ccc(Cl)c(F)c4)C3)nc(NC3(CO)CCC3)c21. The quantitative estimate of drug-likeness (QED) is 0.637. The van der Waals surface area contributed by atoms with Crippen LogP contribution in [0.5, 0.6) is 0 Å². The molecule has 2 aliphatic heterocycles. The molecule has 2 fully saturated rings. The zero-order valence-electron chi connectivity index (χ0n) is 16.2. The van der Waals surface area contributed by atoms with Gasteiger partial charge in [0, 0.05) is 12.2 Å². The van der Waals surface area contributed by atoms with E-state index in [9.17, 15) is 18.8 Å². The third-order valence-electron chi connectivity index (χ3n) is 6.32. The molecular weight excluding hydrogens is 431 g/mol. The van der Waals surface area contributed by atoms with Gasteiger partial charge in [-0.1, -0.05) is 17.7 Å². The molecule has 0 spiro atoms. The van der Waals surface area contributed by atoms with Gasteiger partial charge in [0.05, 0.1) is 46.8 Å². The van der Waals surface area contributed by atoms with Crippen molar-refractivity contribution in [3.8, 4) is 0 Å². The van der Waals surface area contributed by atoms with Crippen LogP contribution in [0.25, 0.3) is 0 Å². The number of hydrogen-bond acceptors (Lipinski definition) is 7. The van der Waals surface area contributed by atoms with Crippen molar-refractivity contribution in [1.82, 2.24) is 9.97 Å². The maximum atomic E-state index is 13.8. The van der Waals surface area contributed by atoms with Gasteiger partial charge in [-0.15, -0.1) is 0 Å². The van der Waals surface area contributed by atoms with Gasteiger partial charge in [-0.25, -0.2) is 9.37 Å². The molecule has 5 rings (SSSR count). The second-order valence-corrected chi connectivity index (χ2v) is 10.3. The Morgan fingerprint density at radius 2 is 2.07 bits per heavy atom. The Morgan fingerprint density at radius 3 is 2.70 bits per heavy atom. The second-order valence-electron chi connectivity index (χ2n) is 8.38. The zero-order chi connectivity index (χ0) is 21.1. The highest BCUT2D eigenvalue weighted by atomic mass is 35.5. The van der Waals surface area contributed by atoms with E-state index in [0.29, 0.717) is 34.4 Å². The minimum Gasteiger partial charge on any atom is -0.394 e. The molecule has 0 amide bonds.